The monoisotopic (exact) mass is 213 g/mol. The zero-order valence-electron chi connectivity index (χ0n) is 10.3. The predicted molar refractivity (Wildman–Crippen MR) is 60.7 cm³/mol. The quantitative estimate of drug-likeness (QED) is 0.730. The van der Waals surface area contributed by atoms with Crippen molar-refractivity contribution in [2.24, 2.45) is 5.92 Å². The zero-order valence-corrected chi connectivity index (χ0v) is 10.3. The van der Waals surface area contributed by atoms with Crippen LogP contribution in [0, 0.1) is 5.92 Å². The summed E-state index contributed by atoms with van der Waals surface area (Å²) in [5.41, 5.74) is 0.148. The Morgan fingerprint density at radius 1 is 1.53 bits per heavy atom. The maximum Gasteiger partial charge on any atom is 0.306 e. The van der Waals surface area contributed by atoms with Crippen LogP contribution in [0.1, 0.15) is 47.0 Å². The molecule has 0 aromatic heterocycles. The average molecular weight is 213 g/mol. The third kappa shape index (κ3) is 4.20. The van der Waals surface area contributed by atoms with Crippen LogP contribution in [-0.2, 0) is 9.53 Å². The standard InChI is InChI=1S/C12H23NO2/c1-5-15-11(14)7-10-6-9(2)13-12(3,4)8-10/h9-10,13H,5-8H2,1-4H3/t9-,10+/m1/s1. The van der Waals surface area contributed by atoms with Crippen molar-refractivity contribution in [1.29, 1.82) is 0 Å². The summed E-state index contributed by atoms with van der Waals surface area (Å²) in [5, 5.41) is 3.54. The van der Waals surface area contributed by atoms with Gasteiger partial charge in [-0.05, 0) is 46.5 Å². The minimum atomic E-state index is -0.0487. The van der Waals surface area contributed by atoms with Crippen molar-refractivity contribution in [3.8, 4) is 0 Å². The fourth-order valence-corrected chi connectivity index (χ4v) is 2.70. The van der Waals surface area contributed by atoms with Crippen LogP contribution in [0.15, 0.2) is 0 Å². The minimum Gasteiger partial charge on any atom is -0.466 e. The van der Waals surface area contributed by atoms with Crippen LogP contribution in [0.4, 0.5) is 0 Å². The molecule has 0 bridgehead atoms. The number of hydrogen-bond donors (Lipinski definition) is 1. The molecule has 0 saturated carbocycles. The van der Waals surface area contributed by atoms with Crippen LogP contribution in [0.2, 0.25) is 0 Å². The van der Waals surface area contributed by atoms with Gasteiger partial charge in [-0.25, -0.2) is 0 Å². The first kappa shape index (κ1) is 12.5. The van der Waals surface area contributed by atoms with Crippen LogP contribution in [-0.4, -0.2) is 24.2 Å². The number of hydrogen-bond acceptors (Lipinski definition) is 3. The molecule has 1 aliphatic heterocycles. The Morgan fingerprint density at radius 2 is 2.20 bits per heavy atom. The lowest BCUT2D eigenvalue weighted by Crippen LogP contribution is -2.51. The van der Waals surface area contributed by atoms with Gasteiger partial charge < -0.3 is 10.1 Å². The van der Waals surface area contributed by atoms with E-state index in [1.165, 1.54) is 0 Å². The SMILES string of the molecule is CCOC(=O)C[C@@H]1C[C@@H](C)NC(C)(C)C1. The van der Waals surface area contributed by atoms with Crippen molar-refractivity contribution in [2.45, 2.75) is 58.5 Å². The highest BCUT2D eigenvalue weighted by Crippen LogP contribution is 2.29. The molecular formula is C12H23NO2. The first-order chi connectivity index (χ1) is 6.93. The van der Waals surface area contributed by atoms with Gasteiger partial charge in [-0.3, -0.25) is 4.79 Å². The van der Waals surface area contributed by atoms with Crippen molar-refractivity contribution in [3.63, 3.8) is 0 Å². The molecule has 3 nitrogen and oxygen atoms in total. The third-order valence-electron chi connectivity index (χ3n) is 2.88. The van der Waals surface area contributed by atoms with Gasteiger partial charge in [0, 0.05) is 18.0 Å². The van der Waals surface area contributed by atoms with Gasteiger partial charge in [0.05, 0.1) is 6.61 Å². The normalized spacial score (nSPS) is 29.9. The Labute approximate surface area is 92.6 Å². The van der Waals surface area contributed by atoms with Gasteiger partial charge >= 0.3 is 5.97 Å². The van der Waals surface area contributed by atoms with Crippen LogP contribution in [0.3, 0.4) is 0 Å². The van der Waals surface area contributed by atoms with E-state index in [0.717, 1.165) is 12.8 Å². The molecule has 1 aliphatic rings. The van der Waals surface area contributed by atoms with Crippen molar-refractivity contribution in [1.82, 2.24) is 5.32 Å². The van der Waals surface area contributed by atoms with Gasteiger partial charge in [-0.1, -0.05) is 0 Å². The number of esters is 1. The van der Waals surface area contributed by atoms with Gasteiger partial charge in [-0.15, -0.1) is 0 Å². The molecule has 1 saturated heterocycles. The van der Waals surface area contributed by atoms with Gasteiger partial charge in [0.15, 0.2) is 0 Å². The number of carbonyl (C=O) groups is 1. The highest BCUT2D eigenvalue weighted by Gasteiger charge is 2.32. The number of nitrogens with one attached hydrogen (secondary N) is 1. The van der Waals surface area contributed by atoms with Crippen molar-refractivity contribution < 1.29 is 9.53 Å². The van der Waals surface area contributed by atoms with E-state index in [1.807, 2.05) is 6.92 Å². The van der Waals surface area contributed by atoms with Gasteiger partial charge in [0.2, 0.25) is 0 Å². The molecule has 0 aromatic rings. The first-order valence-electron chi connectivity index (χ1n) is 5.86. The Morgan fingerprint density at radius 3 is 2.73 bits per heavy atom. The molecule has 0 amide bonds. The van der Waals surface area contributed by atoms with Crippen molar-refractivity contribution in [2.75, 3.05) is 6.61 Å². The van der Waals surface area contributed by atoms with Gasteiger partial charge in [0.1, 0.15) is 0 Å². The molecule has 15 heavy (non-hydrogen) atoms. The summed E-state index contributed by atoms with van der Waals surface area (Å²) in [6.45, 7) is 8.91. The molecule has 1 heterocycles. The topological polar surface area (TPSA) is 38.3 Å². The second-order valence-electron chi connectivity index (χ2n) is 5.24. The molecule has 0 spiro atoms. The molecular weight excluding hydrogens is 190 g/mol. The van der Waals surface area contributed by atoms with Crippen molar-refractivity contribution >= 4 is 5.97 Å². The lowest BCUT2D eigenvalue weighted by atomic mass is 9.80. The van der Waals surface area contributed by atoms with E-state index in [4.69, 9.17) is 4.74 Å². The number of piperidine rings is 1. The Bertz CT molecular complexity index is 226. The molecule has 1 fully saturated rings. The minimum absolute atomic E-state index is 0.0487. The smallest absolute Gasteiger partial charge is 0.306 e. The zero-order chi connectivity index (χ0) is 11.5. The lowest BCUT2D eigenvalue weighted by molar-refractivity contribution is -0.144. The molecule has 1 N–H and O–H groups in total. The van der Waals surface area contributed by atoms with E-state index in [1.54, 1.807) is 0 Å². The molecule has 3 heteroatoms. The maximum absolute atomic E-state index is 11.4. The summed E-state index contributed by atoms with van der Waals surface area (Å²) in [6, 6.07) is 0.494. The fraction of sp³-hybridized carbons (Fsp3) is 0.917. The highest BCUT2D eigenvalue weighted by atomic mass is 16.5. The molecule has 0 aliphatic carbocycles. The summed E-state index contributed by atoms with van der Waals surface area (Å²) in [4.78, 5) is 11.4. The van der Waals surface area contributed by atoms with Gasteiger partial charge in [-0.2, -0.15) is 0 Å². The molecule has 0 unspecified atom stereocenters. The summed E-state index contributed by atoms with van der Waals surface area (Å²) in [6.07, 6.45) is 2.70. The summed E-state index contributed by atoms with van der Waals surface area (Å²) in [5.74, 6) is 0.419. The third-order valence-corrected chi connectivity index (χ3v) is 2.88. The number of ether oxygens (including phenoxy) is 1. The Hall–Kier alpha value is -0.570. The fourth-order valence-electron chi connectivity index (χ4n) is 2.70. The molecule has 2 atom stereocenters. The van der Waals surface area contributed by atoms with Crippen LogP contribution in [0.5, 0.6) is 0 Å². The second kappa shape index (κ2) is 4.97. The lowest BCUT2D eigenvalue weighted by Gasteiger charge is -2.40. The number of rotatable bonds is 3. The summed E-state index contributed by atoms with van der Waals surface area (Å²) >= 11 is 0. The van der Waals surface area contributed by atoms with Crippen LogP contribution < -0.4 is 5.32 Å². The van der Waals surface area contributed by atoms with E-state index in [0.29, 0.717) is 25.0 Å². The number of carbonyl (C=O) groups excluding carboxylic acids is 1. The molecule has 1 rings (SSSR count). The van der Waals surface area contributed by atoms with E-state index in [-0.39, 0.29) is 11.5 Å². The van der Waals surface area contributed by atoms with Crippen LogP contribution >= 0.6 is 0 Å². The Kier molecular flexibility index (Phi) is 4.14. The summed E-state index contributed by atoms with van der Waals surface area (Å²) < 4.78 is 4.99. The van der Waals surface area contributed by atoms with Crippen molar-refractivity contribution in [3.05, 3.63) is 0 Å². The van der Waals surface area contributed by atoms with E-state index in [9.17, 15) is 4.79 Å². The highest BCUT2D eigenvalue weighted by molar-refractivity contribution is 5.69. The van der Waals surface area contributed by atoms with Crippen LogP contribution in [0.25, 0.3) is 0 Å². The molecule has 88 valence electrons. The van der Waals surface area contributed by atoms with E-state index >= 15 is 0 Å². The largest absolute Gasteiger partial charge is 0.466 e. The predicted octanol–water partition coefficient (Wildman–Crippen LogP) is 2.11. The van der Waals surface area contributed by atoms with E-state index in [2.05, 4.69) is 26.1 Å². The van der Waals surface area contributed by atoms with Gasteiger partial charge in [0.25, 0.3) is 0 Å². The maximum atomic E-state index is 11.4. The molecule has 0 radical (unpaired) electrons. The first-order valence-corrected chi connectivity index (χ1v) is 5.86. The molecule has 0 aromatic carbocycles. The second-order valence-corrected chi connectivity index (χ2v) is 5.24. The van der Waals surface area contributed by atoms with E-state index < -0.39 is 0 Å². The Balaban J connectivity index is 2.45. The summed E-state index contributed by atoms with van der Waals surface area (Å²) in [7, 11) is 0. The average Bonchev–Trinajstić information content (AvgIpc) is 1.99.